The number of carboxylic acid groups (broad SMARTS) is 1. The van der Waals surface area contributed by atoms with Crippen LogP contribution in [0.1, 0.15) is 33.6 Å². The molecule has 1 aliphatic heterocycles. The van der Waals surface area contributed by atoms with Gasteiger partial charge in [-0.15, -0.1) is 0 Å². The second kappa shape index (κ2) is 6.23. The monoisotopic (exact) mass is 272 g/mol. The molecule has 1 atom stereocenters. The summed E-state index contributed by atoms with van der Waals surface area (Å²) in [4.78, 5) is 24.9. The summed E-state index contributed by atoms with van der Waals surface area (Å²) in [5.74, 6) is -0.770. The summed E-state index contributed by atoms with van der Waals surface area (Å²) >= 11 is 0. The zero-order valence-corrected chi connectivity index (χ0v) is 11.8. The lowest BCUT2D eigenvalue weighted by atomic mass is 9.87. The van der Waals surface area contributed by atoms with Crippen molar-refractivity contribution < 1.29 is 19.8 Å². The number of hydrogen-bond donors (Lipinski definition) is 3. The summed E-state index contributed by atoms with van der Waals surface area (Å²) in [5, 5.41) is 20.8. The van der Waals surface area contributed by atoms with Gasteiger partial charge < -0.3 is 20.4 Å². The first kappa shape index (κ1) is 15.8. The molecule has 0 aromatic rings. The molecule has 110 valence electrons. The van der Waals surface area contributed by atoms with Gasteiger partial charge in [-0.2, -0.15) is 0 Å². The van der Waals surface area contributed by atoms with Crippen molar-refractivity contribution in [3.63, 3.8) is 0 Å². The minimum atomic E-state index is -1.02. The number of likely N-dealkylation sites (tertiary alicyclic amines) is 1. The Morgan fingerprint density at radius 1 is 1.32 bits per heavy atom. The predicted molar refractivity (Wildman–Crippen MR) is 70.8 cm³/mol. The molecule has 0 aromatic heterocycles. The average Bonchev–Trinajstić information content (AvgIpc) is 2.34. The minimum absolute atomic E-state index is 0.148. The van der Waals surface area contributed by atoms with Gasteiger partial charge >= 0.3 is 12.0 Å². The average molecular weight is 272 g/mol. The lowest BCUT2D eigenvalue weighted by Crippen LogP contribution is -2.54. The highest BCUT2D eigenvalue weighted by atomic mass is 16.4. The van der Waals surface area contributed by atoms with Gasteiger partial charge in [-0.1, -0.05) is 20.8 Å². The number of aliphatic hydroxyl groups is 1. The maximum absolute atomic E-state index is 12.0. The number of aliphatic hydroxyl groups excluding tert-OH is 1. The number of hydrogen-bond acceptors (Lipinski definition) is 3. The van der Waals surface area contributed by atoms with Crippen molar-refractivity contribution in [2.45, 2.75) is 39.7 Å². The molecule has 1 rings (SSSR count). The van der Waals surface area contributed by atoms with Gasteiger partial charge in [-0.25, -0.2) is 9.59 Å². The molecule has 1 fully saturated rings. The molecular weight excluding hydrogens is 248 g/mol. The third-order valence-electron chi connectivity index (χ3n) is 3.54. The van der Waals surface area contributed by atoms with E-state index in [1.807, 2.05) is 0 Å². The third-order valence-corrected chi connectivity index (χ3v) is 3.54. The number of carbonyl (C=O) groups excluding carboxylic acids is 1. The Morgan fingerprint density at radius 3 is 2.21 bits per heavy atom. The Bertz CT molecular complexity index is 330. The van der Waals surface area contributed by atoms with Gasteiger partial charge in [0.05, 0.1) is 0 Å². The quantitative estimate of drug-likeness (QED) is 0.712. The highest BCUT2D eigenvalue weighted by molar-refractivity contribution is 5.83. The van der Waals surface area contributed by atoms with E-state index in [1.54, 1.807) is 25.7 Å². The van der Waals surface area contributed by atoms with Crippen molar-refractivity contribution in [1.29, 1.82) is 0 Å². The van der Waals surface area contributed by atoms with Crippen LogP contribution in [0.4, 0.5) is 4.79 Å². The van der Waals surface area contributed by atoms with Crippen molar-refractivity contribution in [3.05, 3.63) is 0 Å². The molecule has 0 bridgehead atoms. The molecule has 0 spiro atoms. The smallest absolute Gasteiger partial charge is 0.326 e. The number of nitrogens with zero attached hydrogens (tertiary/aromatic N) is 1. The van der Waals surface area contributed by atoms with Crippen molar-refractivity contribution in [2.75, 3.05) is 19.7 Å². The van der Waals surface area contributed by atoms with Crippen LogP contribution in [0.2, 0.25) is 0 Å². The standard InChI is InChI=1S/C13H24N2O4/c1-13(2,3)10(11(17)18)14-12(19)15-6-4-9(8-16)5-7-15/h9-10,16H,4-8H2,1-3H3,(H,14,19)(H,17,18). The molecule has 1 heterocycles. The first-order chi connectivity index (χ1) is 8.75. The van der Waals surface area contributed by atoms with Gasteiger partial charge in [0.1, 0.15) is 6.04 Å². The van der Waals surface area contributed by atoms with E-state index in [9.17, 15) is 9.59 Å². The Balaban J connectivity index is 2.57. The molecule has 1 unspecified atom stereocenters. The minimum Gasteiger partial charge on any atom is -0.480 e. The Kier molecular flexibility index (Phi) is 5.17. The fourth-order valence-electron chi connectivity index (χ4n) is 2.18. The highest BCUT2D eigenvalue weighted by Gasteiger charge is 2.34. The molecule has 1 aliphatic rings. The van der Waals surface area contributed by atoms with E-state index in [4.69, 9.17) is 10.2 Å². The maximum Gasteiger partial charge on any atom is 0.326 e. The summed E-state index contributed by atoms with van der Waals surface area (Å²) < 4.78 is 0. The maximum atomic E-state index is 12.0. The molecule has 19 heavy (non-hydrogen) atoms. The second-order valence-corrected chi connectivity index (χ2v) is 6.20. The number of rotatable bonds is 3. The molecule has 6 nitrogen and oxygen atoms in total. The fraction of sp³-hybridized carbons (Fsp3) is 0.846. The Hall–Kier alpha value is -1.30. The fourth-order valence-corrected chi connectivity index (χ4v) is 2.18. The molecule has 0 saturated carbocycles. The van der Waals surface area contributed by atoms with Gasteiger partial charge in [0.25, 0.3) is 0 Å². The van der Waals surface area contributed by atoms with Crippen molar-refractivity contribution in [2.24, 2.45) is 11.3 Å². The van der Waals surface area contributed by atoms with Crippen LogP contribution >= 0.6 is 0 Å². The van der Waals surface area contributed by atoms with Crippen LogP contribution in [0.3, 0.4) is 0 Å². The topological polar surface area (TPSA) is 89.9 Å². The number of amides is 2. The summed E-state index contributed by atoms with van der Waals surface area (Å²) in [6.45, 7) is 6.62. The summed E-state index contributed by atoms with van der Waals surface area (Å²) in [7, 11) is 0. The molecule has 1 saturated heterocycles. The van der Waals surface area contributed by atoms with Gasteiger partial charge in [0.15, 0.2) is 0 Å². The van der Waals surface area contributed by atoms with Crippen LogP contribution < -0.4 is 5.32 Å². The van der Waals surface area contributed by atoms with E-state index in [0.717, 1.165) is 12.8 Å². The van der Waals surface area contributed by atoms with Gasteiger partial charge in [-0.3, -0.25) is 0 Å². The second-order valence-electron chi connectivity index (χ2n) is 6.20. The Morgan fingerprint density at radius 2 is 1.84 bits per heavy atom. The van der Waals surface area contributed by atoms with Crippen molar-refractivity contribution >= 4 is 12.0 Å². The molecule has 6 heteroatoms. The van der Waals surface area contributed by atoms with Gasteiger partial charge in [-0.05, 0) is 24.2 Å². The number of piperidine rings is 1. The number of urea groups is 1. The van der Waals surface area contributed by atoms with Gasteiger partial charge in [0.2, 0.25) is 0 Å². The zero-order chi connectivity index (χ0) is 14.6. The lowest BCUT2D eigenvalue weighted by Gasteiger charge is -2.34. The molecule has 0 aliphatic carbocycles. The molecule has 0 radical (unpaired) electrons. The van der Waals surface area contributed by atoms with E-state index < -0.39 is 17.4 Å². The molecule has 0 aromatic carbocycles. The van der Waals surface area contributed by atoms with Crippen LogP contribution in [-0.2, 0) is 4.79 Å². The molecule has 2 amide bonds. The van der Waals surface area contributed by atoms with Crippen molar-refractivity contribution in [3.8, 4) is 0 Å². The van der Waals surface area contributed by atoms with Gasteiger partial charge in [0, 0.05) is 19.7 Å². The van der Waals surface area contributed by atoms with Crippen LogP contribution in [-0.4, -0.2) is 52.9 Å². The third kappa shape index (κ3) is 4.38. The SMILES string of the molecule is CC(C)(C)C(NC(=O)N1CCC(CO)CC1)C(=O)O. The normalized spacial score (nSPS) is 19.1. The number of carboxylic acids is 1. The molecular formula is C13H24N2O4. The molecule has 3 N–H and O–H groups in total. The van der Waals surface area contributed by atoms with Crippen molar-refractivity contribution in [1.82, 2.24) is 10.2 Å². The van der Waals surface area contributed by atoms with Crippen LogP contribution in [0.5, 0.6) is 0 Å². The van der Waals surface area contributed by atoms with Crippen LogP contribution in [0, 0.1) is 11.3 Å². The van der Waals surface area contributed by atoms with E-state index in [0.29, 0.717) is 13.1 Å². The largest absolute Gasteiger partial charge is 0.480 e. The lowest BCUT2D eigenvalue weighted by molar-refractivity contribution is -0.142. The van der Waals surface area contributed by atoms with Crippen LogP contribution in [0.15, 0.2) is 0 Å². The highest BCUT2D eigenvalue weighted by Crippen LogP contribution is 2.21. The number of aliphatic carboxylic acids is 1. The predicted octanol–water partition coefficient (Wildman–Crippen LogP) is 0.900. The first-order valence-electron chi connectivity index (χ1n) is 6.64. The van der Waals surface area contributed by atoms with E-state index in [-0.39, 0.29) is 18.6 Å². The van der Waals surface area contributed by atoms with E-state index >= 15 is 0 Å². The summed E-state index contributed by atoms with van der Waals surface area (Å²) in [5.41, 5.74) is -0.537. The van der Waals surface area contributed by atoms with Crippen LogP contribution in [0.25, 0.3) is 0 Å². The summed E-state index contributed by atoms with van der Waals surface area (Å²) in [6.07, 6.45) is 1.52. The number of carbonyl (C=O) groups is 2. The van der Waals surface area contributed by atoms with E-state index in [1.165, 1.54) is 0 Å². The van der Waals surface area contributed by atoms with E-state index in [2.05, 4.69) is 5.32 Å². The summed E-state index contributed by atoms with van der Waals surface area (Å²) in [6, 6.07) is -1.24. The Labute approximate surface area is 113 Å². The zero-order valence-electron chi connectivity index (χ0n) is 11.8. The first-order valence-corrected chi connectivity index (χ1v) is 6.64. The number of nitrogens with one attached hydrogen (secondary N) is 1.